The molecular weight excluding hydrogens is 440 g/mol. The van der Waals surface area contributed by atoms with E-state index in [1.807, 2.05) is 30.3 Å². The van der Waals surface area contributed by atoms with E-state index in [-0.39, 0.29) is 25.8 Å². The van der Waals surface area contributed by atoms with E-state index in [9.17, 15) is 14.4 Å². The van der Waals surface area contributed by atoms with Crippen LogP contribution >= 0.6 is 0 Å². The average molecular weight is 477 g/mol. The summed E-state index contributed by atoms with van der Waals surface area (Å²) in [5.74, 6) is -0.597. The maximum atomic E-state index is 13.1. The van der Waals surface area contributed by atoms with Crippen molar-refractivity contribution in [2.24, 2.45) is 0 Å². The van der Waals surface area contributed by atoms with Crippen LogP contribution in [0.4, 0.5) is 9.59 Å². The number of carbonyl (C=O) groups excluding carboxylic acids is 3. The number of amides is 2. The van der Waals surface area contributed by atoms with Gasteiger partial charge in [-0.2, -0.15) is 0 Å². The van der Waals surface area contributed by atoms with Crippen LogP contribution < -0.4 is 0 Å². The van der Waals surface area contributed by atoms with Gasteiger partial charge in [0.2, 0.25) is 0 Å². The molecule has 0 N–H and O–H groups in total. The van der Waals surface area contributed by atoms with Gasteiger partial charge in [0.25, 0.3) is 0 Å². The summed E-state index contributed by atoms with van der Waals surface area (Å²) in [5.41, 5.74) is 0.107. The highest BCUT2D eigenvalue weighted by atomic mass is 16.6. The number of nitrogens with zero attached hydrogens (tertiary/aromatic N) is 2. The Kier molecular flexibility index (Phi) is 9.92. The Morgan fingerprint density at radius 3 is 2.44 bits per heavy atom. The minimum atomic E-state index is -0.937. The molecule has 1 heterocycles. The summed E-state index contributed by atoms with van der Waals surface area (Å²) in [5, 5.41) is 0. The molecule has 1 aromatic rings. The van der Waals surface area contributed by atoms with Gasteiger partial charge in [-0.3, -0.25) is 9.80 Å². The molecule has 0 aromatic heterocycles. The largest absolute Gasteiger partial charge is 0.467 e. The van der Waals surface area contributed by atoms with Crippen molar-refractivity contribution in [1.82, 2.24) is 9.80 Å². The van der Waals surface area contributed by atoms with Gasteiger partial charge in [-0.1, -0.05) is 36.4 Å². The number of hydrogen-bond donors (Lipinski definition) is 0. The number of esters is 1. The van der Waals surface area contributed by atoms with Crippen LogP contribution in [-0.2, 0) is 30.3 Å². The first-order valence-corrected chi connectivity index (χ1v) is 11.3. The van der Waals surface area contributed by atoms with Crippen molar-refractivity contribution in [1.29, 1.82) is 0 Å². The minimum absolute atomic E-state index is 0.00320. The van der Waals surface area contributed by atoms with E-state index < -0.39 is 35.8 Å². The van der Waals surface area contributed by atoms with E-state index in [1.54, 1.807) is 38.7 Å². The Balaban J connectivity index is 2.27. The Bertz CT molecular complexity index is 837. The number of rotatable bonds is 8. The molecule has 1 aliphatic heterocycles. The standard InChI is InChI=1S/C25H36N2O7/c1-7-11-20-16-32-17-21(27(20)24(30)34-25(3,4)5)14-26(18(2)22(28)31-6)23(29)33-15-19-12-9-8-10-13-19/h7-10,12-13,18,20-21H,1,11,14-17H2,2-6H3/t18-,20-,21+/m0/s1. The van der Waals surface area contributed by atoms with Crippen molar-refractivity contribution in [2.45, 2.75) is 64.4 Å². The molecule has 1 aliphatic rings. The zero-order chi connectivity index (χ0) is 25.3. The van der Waals surface area contributed by atoms with Gasteiger partial charge in [-0.05, 0) is 39.7 Å². The molecule has 0 unspecified atom stereocenters. The molecule has 0 radical (unpaired) electrons. The second kappa shape index (κ2) is 12.4. The van der Waals surface area contributed by atoms with Crippen molar-refractivity contribution in [3.8, 4) is 0 Å². The summed E-state index contributed by atoms with van der Waals surface area (Å²) in [7, 11) is 1.25. The van der Waals surface area contributed by atoms with E-state index in [1.165, 1.54) is 12.0 Å². The Labute approximate surface area is 201 Å². The molecule has 1 fully saturated rings. The number of hydrogen-bond acceptors (Lipinski definition) is 7. The molecular formula is C25H36N2O7. The van der Waals surface area contributed by atoms with Gasteiger partial charge in [0.1, 0.15) is 18.2 Å². The highest BCUT2D eigenvalue weighted by Crippen LogP contribution is 2.23. The summed E-state index contributed by atoms with van der Waals surface area (Å²) in [6, 6.07) is 7.40. The van der Waals surface area contributed by atoms with Crippen LogP contribution in [0.1, 0.15) is 39.7 Å². The van der Waals surface area contributed by atoms with Crippen LogP contribution in [0.5, 0.6) is 0 Å². The van der Waals surface area contributed by atoms with Crippen molar-refractivity contribution in [3.63, 3.8) is 0 Å². The molecule has 34 heavy (non-hydrogen) atoms. The van der Waals surface area contributed by atoms with E-state index in [4.69, 9.17) is 18.9 Å². The molecule has 188 valence electrons. The van der Waals surface area contributed by atoms with E-state index in [0.29, 0.717) is 13.0 Å². The van der Waals surface area contributed by atoms with Crippen LogP contribution in [-0.4, -0.2) is 78.6 Å². The first-order chi connectivity index (χ1) is 16.1. The SMILES string of the molecule is C=CC[C@H]1COC[C@@H](CN(C(=O)OCc2ccccc2)[C@@H](C)C(=O)OC)N1C(=O)OC(C)(C)C. The van der Waals surface area contributed by atoms with Crippen molar-refractivity contribution >= 4 is 18.2 Å². The van der Waals surface area contributed by atoms with Crippen molar-refractivity contribution < 1.29 is 33.3 Å². The fraction of sp³-hybridized carbons (Fsp3) is 0.560. The lowest BCUT2D eigenvalue weighted by molar-refractivity contribution is -0.146. The molecule has 0 saturated carbocycles. The third kappa shape index (κ3) is 7.76. The third-order valence-electron chi connectivity index (χ3n) is 5.31. The van der Waals surface area contributed by atoms with E-state index >= 15 is 0 Å². The summed E-state index contributed by atoms with van der Waals surface area (Å²) in [6.45, 7) is 11.2. The van der Waals surface area contributed by atoms with E-state index in [0.717, 1.165) is 5.56 Å². The smallest absolute Gasteiger partial charge is 0.411 e. The van der Waals surface area contributed by atoms with Gasteiger partial charge in [0.05, 0.1) is 32.4 Å². The third-order valence-corrected chi connectivity index (χ3v) is 5.31. The van der Waals surface area contributed by atoms with Crippen LogP contribution in [0.15, 0.2) is 43.0 Å². The van der Waals surface area contributed by atoms with Gasteiger partial charge in [-0.15, -0.1) is 6.58 Å². The fourth-order valence-corrected chi connectivity index (χ4v) is 3.64. The molecule has 3 atom stereocenters. The van der Waals surface area contributed by atoms with E-state index in [2.05, 4.69) is 6.58 Å². The predicted octanol–water partition coefficient (Wildman–Crippen LogP) is 3.77. The lowest BCUT2D eigenvalue weighted by Crippen LogP contribution is -2.61. The molecule has 1 saturated heterocycles. The first kappa shape index (κ1) is 27.2. The van der Waals surface area contributed by atoms with Crippen molar-refractivity contribution in [3.05, 3.63) is 48.6 Å². The number of methoxy groups -OCH3 is 1. The topological polar surface area (TPSA) is 94.6 Å². The van der Waals surface area contributed by atoms with Crippen LogP contribution in [0.2, 0.25) is 0 Å². The van der Waals surface area contributed by atoms with Crippen molar-refractivity contribution in [2.75, 3.05) is 26.9 Å². The molecule has 1 aromatic carbocycles. The molecule has 9 heteroatoms. The number of benzene rings is 1. The lowest BCUT2D eigenvalue weighted by atomic mass is 10.1. The first-order valence-electron chi connectivity index (χ1n) is 11.3. The van der Waals surface area contributed by atoms with Gasteiger partial charge in [0, 0.05) is 6.54 Å². The van der Waals surface area contributed by atoms with Gasteiger partial charge < -0.3 is 18.9 Å². The highest BCUT2D eigenvalue weighted by Gasteiger charge is 2.40. The number of morpholine rings is 1. The molecule has 2 rings (SSSR count). The Morgan fingerprint density at radius 2 is 1.85 bits per heavy atom. The predicted molar refractivity (Wildman–Crippen MR) is 126 cm³/mol. The fourth-order valence-electron chi connectivity index (χ4n) is 3.64. The Hall–Kier alpha value is -3.07. The maximum absolute atomic E-state index is 13.1. The van der Waals surface area contributed by atoms with Crippen LogP contribution in [0.3, 0.4) is 0 Å². The Morgan fingerprint density at radius 1 is 1.21 bits per heavy atom. The van der Waals surface area contributed by atoms with Gasteiger partial charge >= 0.3 is 18.2 Å². The quantitative estimate of drug-likeness (QED) is 0.320. The number of carbonyl (C=O) groups is 3. The van der Waals surface area contributed by atoms with Gasteiger partial charge in [0.15, 0.2) is 0 Å². The van der Waals surface area contributed by atoms with Gasteiger partial charge in [-0.25, -0.2) is 14.4 Å². The second-order valence-corrected chi connectivity index (χ2v) is 9.15. The summed E-state index contributed by atoms with van der Waals surface area (Å²) >= 11 is 0. The minimum Gasteiger partial charge on any atom is -0.467 e. The van der Waals surface area contributed by atoms with Crippen LogP contribution in [0, 0.1) is 0 Å². The monoisotopic (exact) mass is 476 g/mol. The zero-order valence-corrected chi connectivity index (χ0v) is 20.7. The number of ether oxygens (including phenoxy) is 4. The normalized spacial score (nSPS) is 19.0. The second-order valence-electron chi connectivity index (χ2n) is 9.15. The summed E-state index contributed by atoms with van der Waals surface area (Å²) in [6.07, 6.45) is 0.977. The van der Waals surface area contributed by atoms with Crippen LogP contribution in [0.25, 0.3) is 0 Å². The molecule has 9 nitrogen and oxygen atoms in total. The highest BCUT2D eigenvalue weighted by molar-refractivity contribution is 5.81. The molecule has 0 bridgehead atoms. The summed E-state index contributed by atoms with van der Waals surface area (Å²) < 4.78 is 21.7. The molecule has 0 spiro atoms. The zero-order valence-electron chi connectivity index (χ0n) is 20.7. The lowest BCUT2D eigenvalue weighted by Gasteiger charge is -2.43. The molecule has 2 amide bonds. The average Bonchev–Trinajstić information content (AvgIpc) is 2.79. The maximum Gasteiger partial charge on any atom is 0.411 e. The molecule has 0 aliphatic carbocycles. The summed E-state index contributed by atoms with van der Waals surface area (Å²) in [4.78, 5) is 41.4.